The molecule has 0 aromatic heterocycles. The Morgan fingerprint density at radius 1 is 1.07 bits per heavy atom. The third-order valence-corrected chi connectivity index (χ3v) is 4.62. The lowest BCUT2D eigenvalue weighted by atomic mass is 9.98. The van der Waals surface area contributed by atoms with E-state index in [2.05, 4.69) is 5.32 Å². The summed E-state index contributed by atoms with van der Waals surface area (Å²) in [7, 11) is 1.69. The molecule has 0 radical (unpaired) electrons. The number of hydrogen-bond donors (Lipinski definition) is 2. The van der Waals surface area contributed by atoms with Gasteiger partial charge in [-0.15, -0.1) is 0 Å². The quantitative estimate of drug-likeness (QED) is 0.735. The molecule has 0 saturated heterocycles. The number of aliphatic carboxylic acids is 1. The standard InChI is InChI=1S/C22H26N2O4/c1-4-24(3)21(26)18-10-6-9-17(13-18)20(25)23-14-19(22(27)28)12-16-8-5-7-15(2)11-16/h5-11,13,19H,4,12,14H2,1-3H3,(H,23,25)(H,27,28). The zero-order chi connectivity index (χ0) is 20.7. The van der Waals surface area contributed by atoms with Crippen LogP contribution in [0.2, 0.25) is 0 Å². The van der Waals surface area contributed by atoms with Gasteiger partial charge in [0.1, 0.15) is 0 Å². The molecule has 0 aliphatic rings. The molecule has 0 aliphatic heterocycles. The number of nitrogens with one attached hydrogen (secondary N) is 1. The van der Waals surface area contributed by atoms with Gasteiger partial charge in [-0.25, -0.2) is 0 Å². The maximum absolute atomic E-state index is 12.5. The fourth-order valence-electron chi connectivity index (χ4n) is 2.85. The first-order chi connectivity index (χ1) is 13.3. The molecule has 2 amide bonds. The summed E-state index contributed by atoms with van der Waals surface area (Å²) in [4.78, 5) is 37.9. The fourth-order valence-corrected chi connectivity index (χ4v) is 2.85. The Labute approximate surface area is 165 Å². The van der Waals surface area contributed by atoms with E-state index in [1.807, 2.05) is 38.1 Å². The summed E-state index contributed by atoms with van der Waals surface area (Å²) in [5.74, 6) is -2.26. The van der Waals surface area contributed by atoms with Crippen molar-refractivity contribution in [2.45, 2.75) is 20.3 Å². The van der Waals surface area contributed by atoms with Crippen LogP contribution in [0.3, 0.4) is 0 Å². The molecule has 6 nitrogen and oxygen atoms in total. The third-order valence-electron chi connectivity index (χ3n) is 4.62. The van der Waals surface area contributed by atoms with Crippen molar-refractivity contribution in [2.24, 2.45) is 5.92 Å². The highest BCUT2D eigenvalue weighted by molar-refractivity contribution is 5.99. The van der Waals surface area contributed by atoms with Gasteiger partial charge in [-0.2, -0.15) is 0 Å². The zero-order valence-corrected chi connectivity index (χ0v) is 16.4. The summed E-state index contributed by atoms with van der Waals surface area (Å²) < 4.78 is 0. The number of hydrogen-bond acceptors (Lipinski definition) is 3. The zero-order valence-electron chi connectivity index (χ0n) is 16.4. The predicted octanol–water partition coefficient (Wildman–Crippen LogP) is 2.76. The maximum Gasteiger partial charge on any atom is 0.308 e. The molecule has 2 rings (SSSR count). The molecule has 2 N–H and O–H groups in total. The Hall–Kier alpha value is -3.15. The van der Waals surface area contributed by atoms with Crippen molar-refractivity contribution in [1.29, 1.82) is 0 Å². The lowest BCUT2D eigenvalue weighted by molar-refractivity contribution is -0.141. The van der Waals surface area contributed by atoms with E-state index < -0.39 is 17.8 Å². The fraction of sp³-hybridized carbons (Fsp3) is 0.318. The first-order valence-corrected chi connectivity index (χ1v) is 9.24. The van der Waals surface area contributed by atoms with Crippen molar-refractivity contribution >= 4 is 17.8 Å². The van der Waals surface area contributed by atoms with E-state index in [1.165, 1.54) is 6.07 Å². The van der Waals surface area contributed by atoms with Gasteiger partial charge in [0.15, 0.2) is 0 Å². The first kappa shape index (κ1) is 21.2. The Bertz CT molecular complexity index is 863. The molecule has 0 bridgehead atoms. The topological polar surface area (TPSA) is 86.7 Å². The molecule has 0 fully saturated rings. The van der Waals surface area contributed by atoms with Crippen molar-refractivity contribution in [3.05, 3.63) is 70.8 Å². The highest BCUT2D eigenvalue weighted by atomic mass is 16.4. The molecule has 148 valence electrons. The number of benzene rings is 2. The Morgan fingerprint density at radius 2 is 1.75 bits per heavy atom. The van der Waals surface area contributed by atoms with E-state index in [0.29, 0.717) is 24.1 Å². The number of nitrogens with zero attached hydrogens (tertiary/aromatic N) is 1. The van der Waals surface area contributed by atoms with Crippen LogP contribution >= 0.6 is 0 Å². The Balaban J connectivity index is 2.05. The maximum atomic E-state index is 12.5. The van der Waals surface area contributed by atoms with Gasteiger partial charge in [-0.05, 0) is 44.0 Å². The molecule has 28 heavy (non-hydrogen) atoms. The van der Waals surface area contributed by atoms with Crippen LogP contribution in [-0.2, 0) is 11.2 Å². The number of carbonyl (C=O) groups is 3. The van der Waals surface area contributed by atoms with E-state index in [0.717, 1.165) is 11.1 Å². The van der Waals surface area contributed by atoms with E-state index >= 15 is 0 Å². The van der Waals surface area contributed by atoms with Gasteiger partial charge in [0.25, 0.3) is 11.8 Å². The highest BCUT2D eigenvalue weighted by Gasteiger charge is 2.20. The van der Waals surface area contributed by atoms with Crippen molar-refractivity contribution < 1.29 is 19.5 Å². The van der Waals surface area contributed by atoms with E-state index in [9.17, 15) is 19.5 Å². The van der Waals surface area contributed by atoms with Crippen molar-refractivity contribution in [3.8, 4) is 0 Å². The first-order valence-electron chi connectivity index (χ1n) is 9.24. The van der Waals surface area contributed by atoms with E-state index in [4.69, 9.17) is 0 Å². The summed E-state index contributed by atoms with van der Waals surface area (Å²) in [5, 5.41) is 12.2. The number of rotatable bonds is 8. The van der Waals surface area contributed by atoms with Crippen LogP contribution in [-0.4, -0.2) is 47.9 Å². The molecule has 0 aliphatic carbocycles. The Morgan fingerprint density at radius 3 is 2.39 bits per heavy atom. The van der Waals surface area contributed by atoms with Crippen LogP contribution in [0.4, 0.5) is 0 Å². The average Bonchev–Trinajstić information content (AvgIpc) is 2.69. The van der Waals surface area contributed by atoms with Crippen LogP contribution in [0.25, 0.3) is 0 Å². The van der Waals surface area contributed by atoms with Gasteiger partial charge < -0.3 is 15.3 Å². The van der Waals surface area contributed by atoms with Gasteiger partial charge in [-0.3, -0.25) is 14.4 Å². The van der Waals surface area contributed by atoms with E-state index in [1.54, 1.807) is 30.1 Å². The van der Waals surface area contributed by atoms with Gasteiger partial charge >= 0.3 is 5.97 Å². The van der Waals surface area contributed by atoms with Gasteiger partial charge in [0.05, 0.1) is 5.92 Å². The Kier molecular flexibility index (Phi) is 7.32. The molecule has 1 atom stereocenters. The molecule has 2 aromatic carbocycles. The summed E-state index contributed by atoms with van der Waals surface area (Å²) >= 11 is 0. The van der Waals surface area contributed by atoms with Crippen LogP contribution in [0.5, 0.6) is 0 Å². The smallest absolute Gasteiger partial charge is 0.308 e. The number of carboxylic acid groups (broad SMARTS) is 1. The van der Waals surface area contributed by atoms with Crippen molar-refractivity contribution in [2.75, 3.05) is 20.1 Å². The van der Waals surface area contributed by atoms with Crippen LogP contribution < -0.4 is 5.32 Å². The van der Waals surface area contributed by atoms with E-state index in [-0.39, 0.29) is 12.5 Å². The molecule has 2 aromatic rings. The molecular weight excluding hydrogens is 356 g/mol. The number of carboxylic acids is 1. The minimum absolute atomic E-state index is 0.00907. The average molecular weight is 382 g/mol. The molecule has 1 unspecified atom stereocenters. The number of aryl methyl sites for hydroxylation is 1. The van der Waals surface area contributed by atoms with Crippen molar-refractivity contribution in [3.63, 3.8) is 0 Å². The summed E-state index contributed by atoms with van der Waals surface area (Å²) in [5.41, 5.74) is 2.72. The van der Waals surface area contributed by atoms with Gasteiger partial charge in [0.2, 0.25) is 0 Å². The number of carbonyl (C=O) groups excluding carboxylic acids is 2. The SMILES string of the molecule is CCN(C)C(=O)c1cccc(C(=O)NCC(Cc2cccc(C)c2)C(=O)O)c1. The minimum atomic E-state index is -0.963. The molecule has 0 spiro atoms. The van der Waals surface area contributed by atoms with Gasteiger partial charge in [-0.1, -0.05) is 35.9 Å². The third kappa shape index (κ3) is 5.67. The predicted molar refractivity (Wildman–Crippen MR) is 107 cm³/mol. The number of amides is 2. The van der Waals surface area contributed by atoms with Crippen LogP contribution in [0, 0.1) is 12.8 Å². The normalized spacial score (nSPS) is 11.5. The summed E-state index contributed by atoms with van der Waals surface area (Å²) in [6.07, 6.45) is 0.330. The highest BCUT2D eigenvalue weighted by Crippen LogP contribution is 2.12. The van der Waals surface area contributed by atoms with Crippen LogP contribution in [0.1, 0.15) is 38.8 Å². The second-order valence-corrected chi connectivity index (χ2v) is 6.84. The van der Waals surface area contributed by atoms with Gasteiger partial charge in [0, 0.05) is 31.3 Å². The lowest BCUT2D eigenvalue weighted by Crippen LogP contribution is -2.34. The molecule has 6 heteroatoms. The van der Waals surface area contributed by atoms with Crippen molar-refractivity contribution in [1.82, 2.24) is 10.2 Å². The summed E-state index contributed by atoms with van der Waals surface area (Å²) in [6.45, 7) is 4.39. The molecule has 0 heterocycles. The van der Waals surface area contributed by atoms with Crippen LogP contribution in [0.15, 0.2) is 48.5 Å². The lowest BCUT2D eigenvalue weighted by Gasteiger charge is -2.16. The monoisotopic (exact) mass is 382 g/mol. The second-order valence-electron chi connectivity index (χ2n) is 6.84. The second kappa shape index (κ2) is 9.69. The molecular formula is C22H26N2O4. The largest absolute Gasteiger partial charge is 0.481 e. The summed E-state index contributed by atoms with van der Waals surface area (Å²) in [6, 6.07) is 14.1. The molecule has 0 saturated carbocycles. The minimum Gasteiger partial charge on any atom is -0.481 e.